The summed E-state index contributed by atoms with van der Waals surface area (Å²) in [4.78, 5) is 26.1. The highest BCUT2D eigenvalue weighted by Gasteiger charge is 2.25. The molecular formula is C18H36N4O4. The molecule has 1 aliphatic rings. The van der Waals surface area contributed by atoms with Gasteiger partial charge >= 0.3 is 11.9 Å². The summed E-state index contributed by atoms with van der Waals surface area (Å²) in [6.07, 6.45) is 4.33. The lowest BCUT2D eigenvalue weighted by Gasteiger charge is -2.42. The molecular weight excluding hydrogens is 336 g/mol. The second-order valence-corrected chi connectivity index (χ2v) is 6.82. The molecule has 1 fully saturated rings. The van der Waals surface area contributed by atoms with E-state index in [1.807, 2.05) is 0 Å². The van der Waals surface area contributed by atoms with Gasteiger partial charge in [0.2, 0.25) is 0 Å². The molecule has 0 bridgehead atoms. The summed E-state index contributed by atoms with van der Waals surface area (Å²) in [5.41, 5.74) is 0. The Balaban J connectivity index is 2.31. The van der Waals surface area contributed by atoms with E-state index in [1.54, 1.807) is 0 Å². The van der Waals surface area contributed by atoms with E-state index in [1.165, 1.54) is 0 Å². The van der Waals surface area contributed by atoms with Crippen LogP contribution in [0.25, 0.3) is 0 Å². The Bertz CT molecular complexity index is 376. The van der Waals surface area contributed by atoms with Crippen molar-refractivity contribution in [2.24, 2.45) is 0 Å². The summed E-state index contributed by atoms with van der Waals surface area (Å²) >= 11 is 0. The second-order valence-electron chi connectivity index (χ2n) is 6.82. The van der Waals surface area contributed by atoms with Crippen molar-refractivity contribution in [2.45, 2.75) is 64.7 Å². The summed E-state index contributed by atoms with van der Waals surface area (Å²) in [5, 5.41) is 24.4. The molecule has 0 aliphatic carbocycles. The first-order chi connectivity index (χ1) is 12.5. The molecule has 0 aromatic heterocycles. The van der Waals surface area contributed by atoms with Gasteiger partial charge in [0.15, 0.2) is 0 Å². The summed E-state index contributed by atoms with van der Waals surface area (Å²) < 4.78 is 0. The van der Waals surface area contributed by atoms with Crippen LogP contribution in [-0.4, -0.2) is 83.6 Å². The Morgan fingerprint density at radius 2 is 1.15 bits per heavy atom. The Labute approximate surface area is 156 Å². The van der Waals surface area contributed by atoms with Crippen molar-refractivity contribution in [3.8, 4) is 0 Å². The van der Waals surface area contributed by atoms with E-state index in [-0.39, 0.29) is 12.8 Å². The quantitative estimate of drug-likeness (QED) is 0.335. The molecule has 8 nitrogen and oxygen atoms in total. The van der Waals surface area contributed by atoms with Crippen LogP contribution in [0, 0.1) is 0 Å². The van der Waals surface area contributed by atoms with Crippen molar-refractivity contribution in [3.63, 3.8) is 0 Å². The third kappa shape index (κ3) is 8.93. The number of hydrogen-bond acceptors (Lipinski definition) is 6. The fourth-order valence-electron chi connectivity index (χ4n) is 3.44. The molecule has 2 unspecified atom stereocenters. The minimum absolute atomic E-state index is 0.211. The van der Waals surface area contributed by atoms with Gasteiger partial charge < -0.3 is 20.8 Å². The van der Waals surface area contributed by atoms with Gasteiger partial charge in [-0.1, -0.05) is 13.8 Å². The Hall–Kier alpha value is -1.22. The number of nitrogens with one attached hydrogen (secondary N) is 2. The summed E-state index contributed by atoms with van der Waals surface area (Å²) in [6.45, 7) is 9.70. The third-order valence-corrected chi connectivity index (χ3v) is 4.90. The number of piperazine rings is 1. The number of carbonyl (C=O) groups is 2. The molecule has 1 rings (SSSR count). The van der Waals surface area contributed by atoms with Gasteiger partial charge in [0.05, 0.1) is 12.3 Å². The average Bonchev–Trinajstić information content (AvgIpc) is 2.62. The van der Waals surface area contributed by atoms with Crippen LogP contribution in [0.15, 0.2) is 0 Å². The molecule has 0 aromatic carbocycles. The number of aliphatic carboxylic acids is 2. The lowest BCUT2D eigenvalue weighted by molar-refractivity contribution is -0.138. The van der Waals surface area contributed by atoms with Crippen molar-refractivity contribution in [2.75, 3.05) is 39.3 Å². The maximum Gasteiger partial charge on any atom is 0.303 e. The number of nitrogens with zero attached hydrogens (tertiary/aromatic N) is 2. The zero-order valence-electron chi connectivity index (χ0n) is 16.2. The molecule has 1 heterocycles. The first kappa shape index (κ1) is 22.8. The molecule has 152 valence electrons. The van der Waals surface area contributed by atoms with Gasteiger partial charge in [-0.2, -0.15) is 0 Å². The minimum Gasteiger partial charge on any atom is -0.481 e. The van der Waals surface area contributed by atoms with Gasteiger partial charge in [-0.25, -0.2) is 0 Å². The molecule has 4 N–H and O–H groups in total. The van der Waals surface area contributed by atoms with Gasteiger partial charge in [-0.05, 0) is 38.8 Å². The van der Waals surface area contributed by atoms with E-state index in [0.717, 1.165) is 52.1 Å². The van der Waals surface area contributed by atoms with Crippen LogP contribution in [-0.2, 0) is 9.59 Å². The van der Waals surface area contributed by atoms with Crippen molar-refractivity contribution >= 4 is 11.9 Å². The molecule has 8 heteroatoms. The number of rotatable bonds is 14. The zero-order valence-corrected chi connectivity index (χ0v) is 16.2. The SMILES string of the molecule is CCC(NCCCC(=O)O)N1CCN(C(CC)NCCCC(=O)O)CC1. The highest BCUT2D eigenvalue weighted by molar-refractivity contribution is 5.66. The van der Waals surface area contributed by atoms with E-state index < -0.39 is 11.9 Å². The number of carboxylic acids is 2. The fraction of sp³-hybridized carbons (Fsp3) is 0.889. The van der Waals surface area contributed by atoms with E-state index >= 15 is 0 Å². The molecule has 0 saturated carbocycles. The van der Waals surface area contributed by atoms with Crippen LogP contribution in [0.1, 0.15) is 52.4 Å². The van der Waals surface area contributed by atoms with Gasteiger partial charge in [0, 0.05) is 39.0 Å². The summed E-state index contributed by atoms with van der Waals surface area (Å²) in [7, 11) is 0. The van der Waals surface area contributed by atoms with Crippen molar-refractivity contribution < 1.29 is 19.8 Å². The molecule has 0 spiro atoms. The largest absolute Gasteiger partial charge is 0.481 e. The van der Waals surface area contributed by atoms with E-state index in [2.05, 4.69) is 34.3 Å². The molecule has 2 atom stereocenters. The molecule has 0 aromatic rings. The lowest BCUT2D eigenvalue weighted by atomic mass is 10.2. The van der Waals surface area contributed by atoms with Crippen molar-refractivity contribution in [3.05, 3.63) is 0 Å². The van der Waals surface area contributed by atoms with Crippen LogP contribution in [0.2, 0.25) is 0 Å². The van der Waals surface area contributed by atoms with Crippen LogP contribution in [0.5, 0.6) is 0 Å². The second kappa shape index (κ2) is 13.0. The minimum atomic E-state index is -0.741. The normalized spacial score (nSPS) is 18.5. The van der Waals surface area contributed by atoms with Crippen LogP contribution >= 0.6 is 0 Å². The predicted molar refractivity (Wildman–Crippen MR) is 101 cm³/mol. The molecule has 1 aliphatic heterocycles. The van der Waals surface area contributed by atoms with Crippen molar-refractivity contribution in [1.29, 1.82) is 0 Å². The van der Waals surface area contributed by atoms with Crippen LogP contribution in [0.4, 0.5) is 0 Å². The maximum absolute atomic E-state index is 10.6. The van der Waals surface area contributed by atoms with Gasteiger partial charge in [0.25, 0.3) is 0 Å². The maximum atomic E-state index is 10.6. The fourth-order valence-corrected chi connectivity index (χ4v) is 3.44. The zero-order chi connectivity index (χ0) is 19.4. The highest BCUT2D eigenvalue weighted by Crippen LogP contribution is 2.11. The summed E-state index contributed by atoms with van der Waals surface area (Å²) in [6, 6.07) is 0. The topological polar surface area (TPSA) is 105 Å². The first-order valence-corrected chi connectivity index (χ1v) is 9.86. The first-order valence-electron chi connectivity index (χ1n) is 9.86. The lowest BCUT2D eigenvalue weighted by Crippen LogP contribution is -2.58. The van der Waals surface area contributed by atoms with Crippen molar-refractivity contribution in [1.82, 2.24) is 20.4 Å². The van der Waals surface area contributed by atoms with Gasteiger partial charge in [-0.3, -0.25) is 19.4 Å². The van der Waals surface area contributed by atoms with E-state index in [4.69, 9.17) is 10.2 Å². The van der Waals surface area contributed by atoms with Gasteiger partial charge in [-0.15, -0.1) is 0 Å². The molecule has 1 saturated heterocycles. The smallest absolute Gasteiger partial charge is 0.303 e. The predicted octanol–water partition coefficient (Wildman–Crippen LogP) is 0.985. The van der Waals surface area contributed by atoms with Gasteiger partial charge in [0.1, 0.15) is 0 Å². The number of hydrogen-bond donors (Lipinski definition) is 4. The number of carboxylic acid groups (broad SMARTS) is 2. The summed E-state index contributed by atoms with van der Waals surface area (Å²) in [5.74, 6) is -1.48. The van der Waals surface area contributed by atoms with Crippen LogP contribution in [0.3, 0.4) is 0 Å². The Morgan fingerprint density at radius 3 is 1.42 bits per heavy atom. The monoisotopic (exact) mass is 372 g/mol. The Kier molecular flexibility index (Phi) is 11.4. The van der Waals surface area contributed by atoms with E-state index in [0.29, 0.717) is 25.2 Å². The standard InChI is InChI=1S/C18H36N4O4/c1-3-15(19-9-5-7-17(23)24)21-11-13-22(14-12-21)16(4-2)20-10-6-8-18(25)26/h15-16,19-20H,3-14H2,1-2H3,(H,23,24)(H,25,26). The average molecular weight is 373 g/mol. The van der Waals surface area contributed by atoms with E-state index in [9.17, 15) is 9.59 Å². The van der Waals surface area contributed by atoms with Crippen LogP contribution < -0.4 is 10.6 Å². The third-order valence-electron chi connectivity index (χ3n) is 4.90. The highest BCUT2D eigenvalue weighted by atomic mass is 16.4. The Morgan fingerprint density at radius 1 is 0.808 bits per heavy atom. The molecule has 0 amide bonds. The molecule has 0 radical (unpaired) electrons. The molecule has 26 heavy (non-hydrogen) atoms.